The zero-order valence-corrected chi connectivity index (χ0v) is 11.1. The molecule has 1 amide bonds. The Morgan fingerprint density at radius 2 is 2.17 bits per heavy atom. The lowest BCUT2D eigenvalue weighted by molar-refractivity contribution is -0.119. The smallest absolute Gasteiger partial charge is 0.228 e. The van der Waals surface area contributed by atoms with Crippen molar-refractivity contribution < 1.29 is 13.2 Å². The highest BCUT2D eigenvalue weighted by atomic mass is 35.5. The van der Waals surface area contributed by atoms with Crippen molar-refractivity contribution in [2.45, 2.75) is 6.42 Å². The molecular weight excluding hydrogens is 276 g/mol. The summed E-state index contributed by atoms with van der Waals surface area (Å²) in [6.45, 7) is 0. The first-order valence-corrected chi connectivity index (χ1v) is 7.64. The number of nitrogen functional groups attached to an aromatic ring is 1. The predicted molar refractivity (Wildman–Crippen MR) is 71.3 cm³/mol. The Labute approximate surface area is 110 Å². The maximum atomic E-state index is 11.9. The Morgan fingerprint density at radius 1 is 1.44 bits per heavy atom. The van der Waals surface area contributed by atoms with Crippen LogP contribution in [0.1, 0.15) is 6.42 Å². The summed E-state index contributed by atoms with van der Waals surface area (Å²) in [6.07, 6.45) is 0.355. The lowest BCUT2D eigenvalue weighted by atomic mass is 10.1. The van der Waals surface area contributed by atoms with Crippen molar-refractivity contribution in [1.29, 1.82) is 0 Å². The van der Waals surface area contributed by atoms with Crippen LogP contribution in [0.5, 0.6) is 0 Å². The minimum atomic E-state index is -3.07. The quantitative estimate of drug-likeness (QED) is 0.803. The monoisotopic (exact) mass is 288 g/mol. The van der Waals surface area contributed by atoms with Crippen LogP contribution in [0.4, 0.5) is 11.4 Å². The van der Waals surface area contributed by atoms with Crippen LogP contribution < -0.4 is 11.1 Å². The van der Waals surface area contributed by atoms with Gasteiger partial charge in [0.05, 0.1) is 33.8 Å². The summed E-state index contributed by atoms with van der Waals surface area (Å²) in [5, 5.41) is 2.89. The number of halogens is 1. The molecule has 0 saturated carbocycles. The van der Waals surface area contributed by atoms with Crippen LogP contribution in [0, 0.1) is 5.92 Å². The number of nitrogens with two attached hydrogens (primary N) is 1. The van der Waals surface area contributed by atoms with Crippen LogP contribution in [0.25, 0.3) is 0 Å². The van der Waals surface area contributed by atoms with E-state index >= 15 is 0 Å². The first-order chi connectivity index (χ1) is 8.39. The van der Waals surface area contributed by atoms with Gasteiger partial charge in [-0.3, -0.25) is 4.79 Å². The summed E-state index contributed by atoms with van der Waals surface area (Å²) in [7, 11) is -3.07. The van der Waals surface area contributed by atoms with Crippen LogP contribution in [-0.4, -0.2) is 25.8 Å². The van der Waals surface area contributed by atoms with Crippen molar-refractivity contribution in [2.24, 2.45) is 5.92 Å². The van der Waals surface area contributed by atoms with Crippen LogP contribution >= 0.6 is 11.6 Å². The predicted octanol–water partition coefficient (Wildman–Crippen LogP) is 1.30. The van der Waals surface area contributed by atoms with E-state index < -0.39 is 15.8 Å². The van der Waals surface area contributed by atoms with E-state index in [0.29, 0.717) is 17.8 Å². The third-order valence-corrected chi connectivity index (χ3v) is 5.08. The Bertz CT molecular complexity index is 586. The molecule has 1 unspecified atom stereocenters. The van der Waals surface area contributed by atoms with E-state index in [2.05, 4.69) is 5.32 Å². The first kappa shape index (κ1) is 13.2. The van der Waals surface area contributed by atoms with Gasteiger partial charge < -0.3 is 11.1 Å². The standard InChI is InChI=1S/C11H13ClN2O3S/c12-10-8(13)2-1-3-9(10)14-11(15)7-4-5-18(16,17)6-7/h1-3,7H,4-6,13H2,(H,14,15). The van der Waals surface area contributed by atoms with Gasteiger partial charge in [-0.1, -0.05) is 17.7 Å². The number of benzene rings is 1. The number of amides is 1. The van der Waals surface area contributed by atoms with Gasteiger partial charge in [-0.25, -0.2) is 8.42 Å². The minimum absolute atomic E-state index is 0.0652. The maximum absolute atomic E-state index is 11.9. The van der Waals surface area contributed by atoms with Crippen molar-refractivity contribution in [3.8, 4) is 0 Å². The summed E-state index contributed by atoms with van der Waals surface area (Å²) < 4.78 is 22.6. The molecule has 18 heavy (non-hydrogen) atoms. The highest BCUT2D eigenvalue weighted by molar-refractivity contribution is 7.91. The normalized spacial score (nSPS) is 21.7. The number of rotatable bonds is 2. The average molecular weight is 289 g/mol. The summed E-state index contributed by atoms with van der Waals surface area (Å²) in [5.41, 5.74) is 6.39. The fourth-order valence-corrected chi connectivity index (χ4v) is 3.80. The number of carbonyl (C=O) groups is 1. The Hall–Kier alpha value is -1.27. The summed E-state index contributed by atoms with van der Waals surface area (Å²) in [6, 6.07) is 4.92. The van der Waals surface area contributed by atoms with Crippen molar-refractivity contribution in [2.75, 3.05) is 22.6 Å². The van der Waals surface area contributed by atoms with Crippen molar-refractivity contribution >= 4 is 38.7 Å². The van der Waals surface area contributed by atoms with Crippen LogP contribution in [-0.2, 0) is 14.6 Å². The number of hydrogen-bond donors (Lipinski definition) is 2. The van der Waals surface area contributed by atoms with Gasteiger partial charge in [0.1, 0.15) is 0 Å². The second-order valence-corrected chi connectivity index (χ2v) is 6.90. The molecule has 1 aliphatic rings. The van der Waals surface area contributed by atoms with Gasteiger partial charge in [0.15, 0.2) is 9.84 Å². The number of hydrogen-bond acceptors (Lipinski definition) is 4. The third kappa shape index (κ3) is 2.76. The molecule has 1 fully saturated rings. The van der Waals surface area contributed by atoms with Gasteiger partial charge in [0, 0.05) is 0 Å². The van der Waals surface area contributed by atoms with Gasteiger partial charge in [0.2, 0.25) is 5.91 Å². The highest BCUT2D eigenvalue weighted by Crippen LogP contribution is 2.29. The summed E-state index contributed by atoms with van der Waals surface area (Å²) >= 11 is 5.94. The molecule has 1 heterocycles. The van der Waals surface area contributed by atoms with E-state index in [1.165, 1.54) is 0 Å². The molecule has 1 aromatic rings. The van der Waals surface area contributed by atoms with Gasteiger partial charge in [0.25, 0.3) is 0 Å². The molecule has 0 spiro atoms. The molecule has 1 saturated heterocycles. The molecule has 0 bridgehead atoms. The SMILES string of the molecule is Nc1cccc(NC(=O)C2CCS(=O)(=O)C2)c1Cl. The van der Waals surface area contributed by atoms with E-state index in [-0.39, 0.29) is 22.4 Å². The molecular formula is C11H13ClN2O3S. The Kier molecular flexibility index (Phi) is 3.49. The molecule has 1 aromatic carbocycles. The van der Waals surface area contributed by atoms with Crippen LogP contribution in [0.2, 0.25) is 5.02 Å². The molecule has 3 N–H and O–H groups in total. The lowest BCUT2D eigenvalue weighted by Gasteiger charge is -2.11. The van der Waals surface area contributed by atoms with E-state index in [1.807, 2.05) is 0 Å². The average Bonchev–Trinajstić information content (AvgIpc) is 2.65. The molecule has 2 rings (SSSR count). The summed E-state index contributed by atoms with van der Waals surface area (Å²) in [4.78, 5) is 11.9. The van der Waals surface area contributed by atoms with Gasteiger partial charge in [-0.05, 0) is 18.6 Å². The molecule has 1 atom stereocenters. The van der Waals surface area contributed by atoms with Crippen molar-refractivity contribution in [3.63, 3.8) is 0 Å². The minimum Gasteiger partial charge on any atom is -0.397 e. The maximum Gasteiger partial charge on any atom is 0.228 e. The van der Waals surface area contributed by atoms with Crippen LogP contribution in [0.15, 0.2) is 18.2 Å². The molecule has 1 aliphatic heterocycles. The second-order valence-electron chi connectivity index (χ2n) is 4.30. The fourth-order valence-electron chi connectivity index (χ4n) is 1.88. The third-order valence-electron chi connectivity index (χ3n) is 2.89. The van der Waals surface area contributed by atoms with E-state index in [1.54, 1.807) is 18.2 Å². The van der Waals surface area contributed by atoms with E-state index in [9.17, 15) is 13.2 Å². The highest BCUT2D eigenvalue weighted by Gasteiger charge is 2.33. The van der Waals surface area contributed by atoms with E-state index in [0.717, 1.165) is 0 Å². The number of sulfone groups is 1. The summed E-state index contributed by atoms with van der Waals surface area (Å²) in [5.74, 6) is -0.870. The molecule has 0 aromatic heterocycles. The van der Waals surface area contributed by atoms with E-state index in [4.69, 9.17) is 17.3 Å². The van der Waals surface area contributed by atoms with Gasteiger partial charge in [-0.15, -0.1) is 0 Å². The van der Waals surface area contributed by atoms with Gasteiger partial charge >= 0.3 is 0 Å². The molecule has 0 aliphatic carbocycles. The molecule has 5 nitrogen and oxygen atoms in total. The largest absolute Gasteiger partial charge is 0.397 e. The zero-order chi connectivity index (χ0) is 13.3. The fraction of sp³-hybridized carbons (Fsp3) is 0.364. The lowest BCUT2D eigenvalue weighted by Crippen LogP contribution is -2.23. The van der Waals surface area contributed by atoms with Crippen LogP contribution in [0.3, 0.4) is 0 Å². The molecule has 0 radical (unpaired) electrons. The number of anilines is 2. The van der Waals surface area contributed by atoms with Crippen molar-refractivity contribution in [1.82, 2.24) is 0 Å². The number of nitrogens with one attached hydrogen (secondary N) is 1. The number of carbonyl (C=O) groups excluding carboxylic acids is 1. The zero-order valence-electron chi connectivity index (χ0n) is 9.52. The van der Waals surface area contributed by atoms with Gasteiger partial charge in [-0.2, -0.15) is 0 Å². The first-order valence-electron chi connectivity index (χ1n) is 5.44. The molecule has 98 valence electrons. The second kappa shape index (κ2) is 4.78. The Balaban J connectivity index is 2.11. The van der Waals surface area contributed by atoms with Crippen molar-refractivity contribution in [3.05, 3.63) is 23.2 Å². The topological polar surface area (TPSA) is 89.3 Å². The Morgan fingerprint density at radius 3 is 2.78 bits per heavy atom. The molecule has 7 heteroatoms.